The van der Waals surface area contributed by atoms with Crippen molar-refractivity contribution >= 4 is 0 Å². The summed E-state index contributed by atoms with van der Waals surface area (Å²) in [5.41, 5.74) is 5.98. The van der Waals surface area contributed by atoms with Crippen LogP contribution in [0.4, 0.5) is 0 Å². The standard InChI is InChI=1S/C11H22N2/c1-13-8-10(12)7-11(13)9-5-3-2-4-6-9/h9-11H,2-8,12H2,1H3. The van der Waals surface area contributed by atoms with Gasteiger partial charge >= 0.3 is 0 Å². The van der Waals surface area contributed by atoms with Crippen molar-refractivity contribution in [1.82, 2.24) is 4.90 Å². The van der Waals surface area contributed by atoms with Gasteiger partial charge in [0.15, 0.2) is 0 Å². The highest BCUT2D eigenvalue weighted by molar-refractivity contribution is 4.90. The number of likely N-dealkylation sites (tertiary alicyclic amines) is 1. The van der Waals surface area contributed by atoms with E-state index < -0.39 is 0 Å². The third kappa shape index (κ3) is 2.05. The first-order valence-corrected chi connectivity index (χ1v) is 5.73. The molecule has 2 N–H and O–H groups in total. The Morgan fingerprint density at radius 2 is 1.85 bits per heavy atom. The lowest BCUT2D eigenvalue weighted by Crippen LogP contribution is -2.33. The number of nitrogens with zero attached hydrogens (tertiary/aromatic N) is 1. The smallest absolute Gasteiger partial charge is 0.0182 e. The summed E-state index contributed by atoms with van der Waals surface area (Å²) in [5.74, 6) is 0.951. The SMILES string of the molecule is CN1CC(N)CC1C1CCCCC1. The van der Waals surface area contributed by atoms with Gasteiger partial charge in [-0.15, -0.1) is 0 Å². The lowest BCUT2D eigenvalue weighted by Gasteiger charge is -2.31. The minimum absolute atomic E-state index is 0.442. The van der Waals surface area contributed by atoms with Crippen molar-refractivity contribution in [1.29, 1.82) is 0 Å². The largest absolute Gasteiger partial charge is 0.326 e. The van der Waals surface area contributed by atoms with E-state index in [1.165, 1.54) is 38.5 Å². The molecule has 0 bridgehead atoms. The van der Waals surface area contributed by atoms with Crippen molar-refractivity contribution in [2.45, 2.75) is 50.6 Å². The van der Waals surface area contributed by atoms with Crippen LogP contribution in [-0.2, 0) is 0 Å². The summed E-state index contributed by atoms with van der Waals surface area (Å²) >= 11 is 0. The van der Waals surface area contributed by atoms with Crippen molar-refractivity contribution in [2.24, 2.45) is 11.7 Å². The molecule has 2 heteroatoms. The molecule has 2 aliphatic rings. The molecule has 1 saturated heterocycles. The first-order chi connectivity index (χ1) is 6.27. The van der Waals surface area contributed by atoms with E-state index in [1.807, 2.05) is 0 Å². The third-order valence-corrected chi connectivity index (χ3v) is 3.83. The zero-order valence-corrected chi connectivity index (χ0v) is 8.71. The Bertz CT molecular complexity index is 163. The molecule has 1 saturated carbocycles. The van der Waals surface area contributed by atoms with Gasteiger partial charge < -0.3 is 10.6 Å². The average molecular weight is 182 g/mol. The van der Waals surface area contributed by atoms with Gasteiger partial charge in [-0.2, -0.15) is 0 Å². The molecular formula is C11H22N2. The second-order valence-electron chi connectivity index (χ2n) is 4.90. The van der Waals surface area contributed by atoms with Crippen LogP contribution in [0.15, 0.2) is 0 Å². The minimum Gasteiger partial charge on any atom is -0.326 e. The summed E-state index contributed by atoms with van der Waals surface area (Å²) in [5, 5.41) is 0. The zero-order chi connectivity index (χ0) is 9.26. The number of nitrogens with two attached hydrogens (primary N) is 1. The molecule has 0 spiro atoms. The van der Waals surface area contributed by atoms with Crippen LogP contribution in [0, 0.1) is 5.92 Å². The maximum absolute atomic E-state index is 5.98. The molecular weight excluding hydrogens is 160 g/mol. The molecule has 2 atom stereocenters. The minimum atomic E-state index is 0.442. The Morgan fingerprint density at radius 1 is 1.15 bits per heavy atom. The maximum Gasteiger partial charge on any atom is 0.0182 e. The third-order valence-electron chi connectivity index (χ3n) is 3.83. The summed E-state index contributed by atoms with van der Waals surface area (Å²) in [6.07, 6.45) is 8.48. The fourth-order valence-corrected chi connectivity index (χ4v) is 3.14. The second-order valence-corrected chi connectivity index (χ2v) is 4.90. The molecule has 0 amide bonds. The van der Waals surface area contributed by atoms with Gasteiger partial charge in [-0.25, -0.2) is 0 Å². The highest BCUT2D eigenvalue weighted by atomic mass is 15.2. The van der Waals surface area contributed by atoms with Crippen molar-refractivity contribution in [2.75, 3.05) is 13.6 Å². The van der Waals surface area contributed by atoms with Gasteiger partial charge in [0.2, 0.25) is 0 Å². The van der Waals surface area contributed by atoms with Crippen LogP contribution in [0.25, 0.3) is 0 Å². The van der Waals surface area contributed by atoms with E-state index in [2.05, 4.69) is 11.9 Å². The molecule has 1 heterocycles. The predicted molar refractivity (Wildman–Crippen MR) is 55.6 cm³/mol. The van der Waals surface area contributed by atoms with Crippen molar-refractivity contribution < 1.29 is 0 Å². The van der Waals surface area contributed by atoms with Gasteiger partial charge in [-0.05, 0) is 32.2 Å². The fraction of sp³-hybridized carbons (Fsp3) is 1.00. The monoisotopic (exact) mass is 182 g/mol. The van der Waals surface area contributed by atoms with Crippen LogP contribution in [0.1, 0.15) is 38.5 Å². The molecule has 2 rings (SSSR count). The summed E-state index contributed by atoms with van der Waals surface area (Å²) in [7, 11) is 2.24. The van der Waals surface area contributed by atoms with Gasteiger partial charge in [0.05, 0.1) is 0 Å². The first-order valence-electron chi connectivity index (χ1n) is 5.73. The molecule has 2 nitrogen and oxygen atoms in total. The van der Waals surface area contributed by atoms with Crippen LogP contribution in [0.5, 0.6) is 0 Å². The van der Waals surface area contributed by atoms with Gasteiger partial charge in [-0.3, -0.25) is 0 Å². The molecule has 2 unspecified atom stereocenters. The average Bonchev–Trinajstić information content (AvgIpc) is 2.47. The number of hydrogen-bond donors (Lipinski definition) is 1. The fourth-order valence-electron chi connectivity index (χ4n) is 3.14. The van der Waals surface area contributed by atoms with Crippen molar-refractivity contribution in [3.63, 3.8) is 0 Å². The van der Waals surface area contributed by atoms with E-state index in [4.69, 9.17) is 5.73 Å². The summed E-state index contributed by atoms with van der Waals surface area (Å²) in [4.78, 5) is 2.49. The molecule has 0 radical (unpaired) electrons. The summed E-state index contributed by atoms with van der Waals surface area (Å²) < 4.78 is 0. The van der Waals surface area contributed by atoms with Crippen LogP contribution < -0.4 is 5.73 Å². The lowest BCUT2D eigenvalue weighted by atomic mass is 9.83. The van der Waals surface area contributed by atoms with E-state index in [0.717, 1.165) is 18.5 Å². The van der Waals surface area contributed by atoms with Gasteiger partial charge in [0.25, 0.3) is 0 Å². The van der Waals surface area contributed by atoms with Gasteiger partial charge in [-0.1, -0.05) is 19.3 Å². The van der Waals surface area contributed by atoms with Crippen LogP contribution >= 0.6 is 0 Å². The summed E-state index contributed by atoms with van der Waals surface area (Å²) in [6, 6.07) is 1.24. The number of rotatable bonds is 1. The normalized spacial score (nSPS) is 38.3. The van der Waals surface area contributed by atoms with E-state index in [-0.39, 0.29) is 0 Å². The molecule has 1 aliphatic heterocycles. The van der Waals surface area contributed by atoms with E-state index in [0.29, 0.717) is 6.04 Å². The Kier molecular flexibility index (Phi) is 2.89. The highest BCUT2D eigenvalue weighted by Crippen LogP contribution is 2.32. The molecule has 0 aromatic rings. The Labute approximate surface area is 81.5 Å². The van der Waals surface area contributed by atoms with Crippen molar-refractivity contribution in [3.8, 4) is 0 Å². The maximum atomic E-state index is 5.98. The van der Waals surface area contributed by atoms with E-state index in [1.54, 1.807) is 0 Å². The molecule has 2 fully saturated rings. The van der Waals surface area contributed by atoms with Crippen molar-refractivity contribution in [3.05, 3.63) is 0 Å². The Balaban J connectivity index is 1.91. The molecule has 13 heavy (non-hydrogen) atoms. The predicted octanol–water partition coefficient (Wildman–Crippen LogP) is 1.60. The zero-order valence-electron chi connectivity index (χ0n) is 8.71. The lowest BCUT2D eigenvalue weighted by molar-refractivity contribution is 0.185. The van der Waals surface area contributed by atoms with Gasteiger partial charge in [0.1, 0.15) is 0 Å². The van der Waals surface area contributed by atoms with Gasteiger partial charge in [0, 0.05) is 18.6 Å². The first kappa shape index (κ1) is 9.47. The molecule has 0 aromatic heterocycles. The Hall–Kier alpha value is -0.0800. The second kappa shape index (κ2) is 3.97. The van der Waals surface area contributed by atoms with Crippen LogP contribution in [-0.4, -0.2) is 30.6 Å². The highest BCUT2D eigenvalue weighted by Gasteiger charge is 2.33. The quantitative estimate of drug-likeness (QED) is 0.667. The molecule has 0 aromatic carbocycles. The van der Waals surface area contributed by atoms with Crippen LogP contribution in [0.2, 0.25) is 0 Å². The van der Waals surface area contributed by atoms with E-state index >= 15 is 0 Å². The molecule has 76 valence electrons. The number of likely N-dealkylation sites (N-methyl/N-ethyl adjacent to an activating group) is 1. The molecule has 1 aliphatic carbocycles. The van der Waals surface area contributed by atoms with Crippen LogP contribution in [0.3, 0.4) is 0 Å². The topological polar surface area (TPSA) is 29.3 Å². The summed E-state index contributed by atoms with van der Waals surface area (Å²) in [6.45, 7) is 1.11. The number of hydrogen-bond acceptors (Lipinski definition) is 2. The Morgan fingerprint density at radius 3 is 2.38 bits per heavy atom. The van der Waals surface area contributed by atoms with E-state index in [9.17, 15) is 0 Å².